The zero-order valence-electron chi connectivity index (χ0n) is 12.3. The molecule has 0 bridgehead atoms. The first-order chi connectivity index (χ1) is 9.34. The normalized spacial score (nSPS) is 33.2. The third-order valence-corrected chi connectivity index (χ3v) is 5.45. The fourth-order valence-corrected chi connectivity index (χ4v) is 4.43. The number of hydrogen-bond donors (Lipinski definition) is 0. The van der Waals surface area contributed by atoms with Crippen LogP contribution in [0.2, 0.25) is 0 Å². The summed E-state index contributed by atoms with van der Waals surface area (Å²) < 4.78 is 0. The van der Waals surface area contributed by atoms with Gasteiger partial charge in [0.2, 0.25) is 0 Å². The monoisotopic (exact) mass is 257 g/mol. The van der Waals surface area contributed by atoms with Gasteiger partial charge in [0.05, 0.1) is 0 Å². The molecule has 1 aromatic rings. The minimum atomic E-state index is 0.333. The summed E-state index contributed by atoms with van der Waals surface area (Å²) in [6.45, 7) is 5.10. The molecule has 1 heterocycles. The molecule has 0 amide bonds. The zero-order chi connectivity index (χ0) is 13.1. The highest BCUT2D eigenvalue weighted by molar-refractivity contribution is 5.26. The molecule has 0 N–H and O–H groups in total. The number of hydrogen-bond acceptors (Lipinski definition) is 1. The van der Waals surface area contributed by atoms with Crippen LogP contribution in [0.5, 0.6) is 0 Å². The van der Waals surface area contributed by atoms with Gasteiger partial charge in [-0.2, -0.15) is 0 Å². The first-order valence-corrected chi connectivity index (χ1v) is 8.14. The number of rotatable bonds is 2. The predicted octanol–water partition coefficient (Wildman–Crippen LogP) is 4.58. The van der Waals surface area contributed by atoms with Gasteiger partial charge < -0.3 is 0 Å². The van der Waals surface area contributed by atoms with Gasteiger partial charge in [-0.05, 0) is 50.3 Å². The van der Waals surface area contributed by atoms with Crippen LogP contribution in [0.15, 0.2) is 30.3 Å². The lowest BCUT2D eigenvalue weighted by molar-refractivity contribution is -0.0110. The quantitative estimate of drug-likeness (QED) is 0.749. The van der Waals surface area contributed by atoms with E-state index in [1.165, 1.54) is 58.0 Å². The van der Waals surface area contributed by atoms with Crippen molar-refractivity contribution in [1.82, 2.24) is 4.90 Å². The summed E-state index contributed by atoms with van der Waals surface area (Å²) in [5, 5.41) is 0. The van der Waals surface area contributed by atoms with E-state index >= 15 is 0 Å². The van der Waals surface area contributed by atoms with Crippen LogP contribution in [-0.2, 0) is 5.54 Å². The second kappa shape index (κ2) is 5.66. The maximum atomic E-state index is 2.83. The van der Waals surface area contributed by atoms with Crippen LogP contribution in [0.25, 0.3) is 0 Å². The molecule has 1 unspecified atom stereocenters. The third kappa shape index (κ3) is 2.33. The molecule has 2 atom stereocenters. The second-order valence-corrected chi connectivity index (χ2v) is 6.48. The molecule has 1 heteroatoms. The van der Waals surface area contributed by atoms with Gasteiger partial charge in [-0.1, -0.05) is 56.5 Å². The van der Waals surface area contributed by atoms with Crippen molar-refractivity contribution in [3.8, 4) is 0 Å². The summed E-state index contributed by atoms with van der Waals surface area (Å²) in [5.74, 6) is 0.793. The molecule has 1 nitrogen and oxygen atoms in total. The Kier molecular flexibility index (Phi) is 3.93. The van der Waals surface area contributed by atoms with E-state index < -0.39 is 0 Å². The van der Waals surface area contributed by atoms with Crippen LogP contribution < -0.4 is 0 Å². The third-order valence-electron chi connectivity index (χ3n) is 5.45. The topological polar surface area (TPSA) is 3.24 Å². The standard InChI is InChI=1S/C18H27N/c1-16-10-6-7-13-18(16,17-11-4-2-5-12-17)19-14-8-3-9-15-19/h2,4-5,11-12,16H,3,6-10,13-15H2,1H3/t16?,18-/m1/s1. The highest BCUT2D eigenvalue weighted by Crippen LogP contribution is 2.47. The molecule has 2 aliphatic rings. The summed E-state index contributed by atoms with van der Waals surface area (Å²) in [7, 11) is 0. The predicted molar refractivity (Wildman–Crippen MR) is 81.2 cm³/mol. The van der Waals surface area contributed by atoms with E-state index in [0.717, 1.165) is 5.92 Å². The van der Waals surface area contributed by atoms with E-state index in [1.807, 2.05) is 0 Å². The Bertz CT molecular complexity index is 393. The molecule has 1 aliphatic heterocycles. The van der Waals surface area contributed by atoms with E-state index in [9.17, 15) is 0 Å². The molecular weight excluding hydrogens is 230 g/mol. The molecule has 104 valence electrons. The average molecular weight is 257 g/mol. The second-order valence-electron chi connectivity index (χ2n) is 6.48. The van der Waals surface area contributed by atoms with Crippen molar-refractivity contribution in [3.05, 3.63) is 35.9 Å². The fraction of sp³-hybridized carbons (Fsp3) is 0.667. The Morgan fingerprint density at radius 2 is 1.68 bits per heavy atom. The molecule has 19 heavy (non-hydrogen) atoms. The van der Waals surface area contributed by atoms with E-state index in [0.29, 0.717) is 5.54 Å². The summed E-state index contributed by atoms with van der Waals surface area (Å²) in [4.78, 5) is 2.83. The molecule has 1 saturated heterocycles. The maximum Gasteiger partial charge on any atom is 0.0486 e. The highest BCUT2D eigenvalue weighted by Gasteiger charge is 2.44. The van der Waals surface area contributed by atoms with Crippen LogP contribution in [0.3, 0.4) is 0 Å². The molecule has 0 radical (unpaired) electrons. The lowest BCUT2D eigenvalue weighted by Crippen LogP contribution is -2.53. The number of nitrogens with zero attached hydrogens (tertiary/aromatic N) is 1. The lowest BCUT2D eigenvalue weighted by atomic mass is 9.68. The van der Waals surface area contributed by atoms with Gasteiger partial charge in [0.1, 0.15) is 0 Å². The van der Waals surface area contributed by atoms with E-state index in [1.54, 1.807) is 5.56 Å². The Labute approximate surface area is 118 Å². The van der Waals surface area contributed by atoms with Gasteiger partial charge in [-0.3, -0.25) is 4.90 Å². The Hall–Kier alpha value is -0.820. The maximum absolute atomic E-state index is 2.83. The number of likely N-dealkylation sites (tertiary alicyclic amines) is 1. The van der Waals surface area contributed by atoms with Crippen molar-refractivity contribution >= 4 is 0 Å². The molecule has 1 aliphatic carbocycles. The van der Waals surface area contributed by atoms with Gasteiger partial charge in [0, 0.05) is 5.54 Å². The molecule has 0 aromatic heterocycles. The SMILES string of the molecule is CC1CCCC[C@@]1(c1ccccc1)N1CCCCC1. The van der Waals surface area contributed by atoms with Crippen molar-refractivity contribution < 1.29 is 0 Å². The van der Waals surface area contributed by atoms with Crippen LogP contribution in [-0.4, -0.2) is 18.0 Å². The van der Waals surface area contributed by atoms with E-state index in [2.05, 4.69) is 42.2 Å². The average Bonchev–Trinajstić information content (AvgIpc) is 2.50. The molecule has 3 rings (SSSR count). The van der Waals surface area contributed by atoms with Crippen molar-refractivity contribution in [1.29, 1.82) is 0 Å². The number of benzene rings is 1. The minimum Gasteiger partial charge on any atom is -0.293 e. The smallest absolute Gasteiger partial charge is 0.0486 e. The van der Waals surface area contributed by atoms with Gasteiger partial charge in [-0.15, -0.1) is 0 Å². The molecular formula is C18H27N. The van der Waals surface area contributed by atoms with Crippen molar-refractivity contribution in [2.75, 3.05) is 13.1 Å². The molecule has 0 spiro atoms. The molecule has 1 aromatic carbocycles. The van der Waals surface area contributed by atoms with Gasteiger partial charge in [0.15, 0.2) is 0 Å². The zero-order valence-corrected chi connectivity index (χ0v) is 12.3. The summed E-state index contributed by atoms with van der Waals surface area (Å²) >= 11 is 0. The van der Waals surface area contributed by atoms with Crippen molar-refractivity contribution in [2.45, 2.75) is 57.4 Å². The first kappa shape index (κ1) is 13.2. The lowest BCUT2D eigenvalue weighted by Gasteiger charge is -2.52. The summed E-state index contributed by atoms with van der Waals surface area (Å²) in [6.07, 6.45) is 9.78. The highest BCUT2D eigenvalue weighted by atomic mass is 15.2. The van der Waals surface area contributed by atoms with Crippen molar-refractivity contribution in [2.24, 2.45) is 5.92 Å². The van der Waals surface area contributed by atoms with Crippen LogP contribution in [0.4, 0.5) is 0 Å². The van der Waals surface area contributed by atoms with Crippen molar-refractivity contribution in [3.63, 3.8) is 0 Å². The van der Waals surface area contributed by atoms with Gasteiger partial charge >= 0.3 is 0 Å². The van der Waals surface area contributed by atoms with E-state index in [-0.39, 0.29) is 0 Å². The summed E-state index contributed by atoms with van der Waals surface area (Å²) in [6, 6.07) is 11.3. The Morgan fingerprint density at radius 3 is 2.37 bits per heavy atom. The largest absolute Gasteiger partial charge is 0.293 e. The van der Waals surface area contributed by atoms with Crippen LogP contribution in [0.1, 0.15) is 57.4 Å². The Balaban J connectivity index is 1.99. The molecule has 1 saturated carbocycles. The van der Waals surface area contributed by atoms with Crippen LogP contribution >= 0.6 is 0 Å². The number of piperidine rings is 1. The minimum absolute atomic E-state index is 0.333. The molecule has 2 fully saturated rings. The van der Waals surface area contributed by atoms with E-state index in [4.69, 9.17) is 0 Å². The van der Waals surface area contributed by atoms with Gasteiger partial charge in [-0.25, -0.2) is 0 Å². The Morgan fingerprint density at radius 1 is 0.947 bits per heavy atom. The van der Waals surface area contributed by atoms with Crippen LogP contribution in [0, 0.1) is 5.92 Å². The van der Waals surface area contributed by atoms with Gasteiger partial charge in [0.25, 0.3) is 0 Å². The first-order valence-electron chi connectivity index (χ1n) is 8.14. The fourth-order valence-electron chi connectivity index (χ4n) is 4.43. The summed E-state index contributed by atoms with van der Waals surface area (Å²) in [5.41, 5.74) is 1.91.